The molecule has 0 aliphatic heterocycles. The number of ether oxygens (including phenoxy) is 3. The number of hydrogen-bond acceptors (Lipinski definition) is 6. The minimum atomic E-state index is -0.791. The quantitative estimate of drug-likeness (QED) is 0.0262. The van der Waals surface area contributed by atoms with Gasteiger partial charge in [-0.2, -0.15) is 0 Å². The van der Waals surface area contributed by atoms with Crippen LogP contribution in [0.2, 0.25) is 0 Å². The van der Waals surface area contributed by atoms with Gasteiger partial charge < -0.3 is 14.2 Å². The molecule has 1 atom stereocenters. The lowest BCUT2D eigenvalue weighted by atomic mass is 10.1. The van der Waals surface area contributed by atoms with Crippen LogP contribution in [0.1, 0.15) is 271 Å². The van der Waals surface area contributed by atoms with E-state index in [0.717, 1.165) is 64.2 Å². The number of carbonyl (C=O) groups is 3. The summed E-state index contributed by atoms with van der Waals surface area (Å²) in [6.07, 6.45) is 61.0. The van der Waals surface area contributed by atoms with E-state index in [4.69, 9.17) is 14.2 Å². The van der Waals surface area contributed by atoms with E-state index in [1.807, 2.05) is 0 Å². The summed E-state index contributed by atoms with van der Waals surface area (Å²) in [4.78, 5) is 37.9. The molecule has 0 amide bonds. The van der Waals surface area contributed by atoms with E-state index in [0.29, 0.717) is 19.3 Å². The van der Waals surface area contributed by atoms with Crippen molar-refractivity contribution in [2.45, 2.75) is 277 Å². The fourth-order valence-corrected chi connectivity index (χ4v) is 7.50. The van der Waals surface area contributed by atoms with Gasteiger partial charge in [0.25, 0.3) is 0 Å². The smallest absolute Gasteiger partial charge is 0.306 e. The van der Waals surface area contributed by atoms with Crippen molar-refractivity contribution in [2.75, 3.05) is 13.2 Å². The van der Waals surface area contributed by atoms with Gasteiger partial charge in [0.15, 0.2) is 6.10 Å². The van der Waals surface area contributed by atoms with E-state index in [2.05, 4.69) is 69.4 Å². The van der Waals surface area contributed by atoms with Crippen LogP contribution in [-0.4, -0.2) is 37.2 Å². The summed E-state index contributed by atoms with van der Waals surface area (Å²) < 4.78 is 16.8. The Morgan fingerprint density at radius 3 is 0.984 bits per heavy atom. The van der Waals surface area contributed by atoms with Crippen LogP contribution in [0.15, 0.2) is 48.6 Å². The lowest BCUT2D eigenvalue weighted by molar-refractivity contribution is -0.167. The van der Waals surface area contributed by atoms with Gasteiger partial charge in [0.2, 0.25) is 0 Å². The highest BCUT2D eigenvalue weighted by molar-refractivity contribution is 5.71. The summed E-state index contributed by atoms with van der Waals surface area (Å²) in [5.74, 6) is -0.925. The van der Waals surface area contributed by atoms with Crippen LogP contribution >= 0.6 is 0 Å². The van der Waals surface area contributed by atoms with Gasteiger partial charge in [0, 0.05) is 19.3 Å². The lowest BCUT2D eigenvalue weighted by Crippen LogP contribution is -2.30. The zero-order chi connectivity index (χ0) is 45.1. The second-order valence-corrected chi connectivity index (χ2v) is 17.8. The van der Waals surface area contributed by atoms with E-state index >= 15 is 0 Å². The van der Waals surface area contributed by atoms with Crippen molar-refractivity contribution >= 4 is 17.9 Å². The molecule has 0 rings (SSSR count). The molecule has 0 aliphatic carbocycles. The van der Waals surface area contributed by atoms with Crippen molar-refractivity contribution in [1.29, 1.82) is 0 Å². The Morgan fingerprint density at radius 2 is 0.581 bits per heavy atom. The fraction of sp³-hybridized carbons (Fsp3) is 0.804. The normalized spacial score (nSPS) is 12.4. The Balaban J connectivity index is 4.36. The summed E-state index contributed by atoms with van der Waals surface area (Å²) in [6.45, 7) is 6.58. The van der Waals surface area contributed by atoms with Gasteiger partial charge >= 0.3 is 17.9 Å². The Hall–Kier alpha value is -2.63. The average Bonchev–Trinajstić information content (AvgIpc) is 3.27. The van der Waals surface area contributed by atoms with Crippen LogP contribution in [0.5, 0.6) is 0 Å². The molecule has 0 unspecified atom stereocenters. The van der Waals surface area contributed by atoms with Crippen LogP contribution in [0.4, 0.5) is 0 Å². The molecule has 0 aromatic heterocycles. The first kappa shape index (κ1) is 59.4. The van der Waals surface area contributed by atoms with E-state index in [1.165, 1.54) is 161 Å². The number of unbranched alkanes of at least 4 members (excludes halogenated alkanes) is 29. The first-order chi connectivity index (χ1) is 30.5. The first-order valence-corrected chi connectivity index (χ1v) is 26.6. The third kappa shape index (κ3) is 48.4. The van der Waals surface area contributed by atoms with Gasteiger partial charge in [-0.15, -0.1) is 0 Å². The molecule has 6 nitrogen and oxygen atoms in total. The summed E-state index contributed by atoms with van der Waals surface area (Å²) in [7, 11) is 0. The van der Waals surface area contributed by atoms with Gasteiger partial charge in [-0.05, 0) is 83.5 Å². The number of allylic oxidation sites excluding steroid dienone is 8. The summed E-state index contributed by atoms with van der Waals surface area (Å²) in [5, 5.41) is 0. The lowest BCUT2D eigenvalue weighted by Gasteiger charge is -2.18. The van der Waals surface area contributed by atoms with Crippen molar-refractivity contribution in [3.05, 3.63) is 48.6 Å². The van der Waals surface area contributed by atoms with Crippen LogP contribution in [0.25, 0.3) is 0 Å². The Morgan fingerprint density at radius 1 is 0.323 bits per heavy atom. The maximum atomic E-state index is 12.8. The van der Waals surface area contributed by atoms with Gasteiger partial charge in [-0.25, -0.2) is 0 Å². The van der Waals surface area contributed by atoms with Crippen molar-refractivity contribution in [3.63, 3.8) is 0 Å². The molecule has 0 saturated heterocycles. The standard InChI is InChI=1S/C56H100O6/c1-4-7-10-13-16-19-22-24-26-27-28-29-31-32-34-37-40-43-46-49-55(58)61-52-53(51-60-54(57)48-45-42-39-36-21-18-15-12-9-6-3)62-56(59)50-47-44-41-38-35-33-30-25-23-20-17-14-11-8-5-2/h17,20,25,27-28,30,35,38,53H,4-16,18-19,21-24,26,29,31-34,36-37,39-52H2,1-3H3/b20-17-,28-27-,30-25-,38-35-/t53-/m1/s1. The third-order valence-corrected chi connectivity index (χ3v) is 11.6. The predicted octanol–water partition coefficient (Wildman–Crippen LogP) is 17.5. The number of esters is 3. The van der Waals surface area contributed by atoms with E-state index in [1.54, 1.807) is 0 Å². The molecule has 62 heavy (non-hydrogen) atoms. The molecule has 6 heteroatoms. The van der Waals surface area contributed by atoms with Crippen LogP contribution in [-0.2, 0) is 28.6 Å². The summed E-state index contributed by atoms with van der Waals surface area (Å²) >= 11 is 0. The molecule has 0 bridgehead atoms. The van der Waals surface area contributed by atoms with Crippen LogP contribution in [0.3, 0.4) is 0 Å². The largest absolute Gasteiger partial charge is 0.462 e. The SMILES string of the molecule is CCCCC/C=C\C/C=C\C/C=C\CCCCC(=O)O[C@@H](COC(=O)CCCCCCCCC/C=C\CCCCCCCCCC)COC(=O)CCCCCCCCCCCC. The molecule has 0 aromatic carbocycles. The number of hydrogen-bond donors (Lipinski definition) is 0. The van der Waals surface area contributed by atoms with Gasteiger partial charge in [-0.3, -0.25) is 14.4 Å². The van der Waals surface area contributed by atoms with E-state index < -0.39 is 6.10 Å². The Bertz CT molecular complexity index is 1090. The minimum absolute atomic E-state index is 0.0877. The molecule has 0 saturated carbocycles. The second kappa shape index (κ2) is 51.0. The van der Waals surface area contributed by atoms with Crippen molar-refractivity contribution in [1.82, 2.24) is 0 Å². The molecule has 360 valence electrons. The summed E-state index contributed by atoms with van der Waals surface area (Å²) in [5.41, 5.74) is 0. The van der Waals surface area contributed by atoms with Gasteiger partial charge in [0.05, 0.1) is 0 Å². The third-order valence-electron chi connectivity index (χ3n) is 11.6. The van der Waals surface area contributed by atoms with E-state index in [-0.39, 0.29) is 37.5 Å². The Kier molecular flexibility index (Phi) is 48.8. The molecular weight excluding hydrogens is 769 g/mol. The van der Waals surface area contributed by atoms with Crippen molar-refractivity contribution < 1.29 is 28.6 Å². The monoisotopic (exact) mass is 869 g/mol. The molecule has 0 aromatic rings. The van der Waals surface area contributed by atoms with E-state index in [9.17, 15) is 14.4 Å². The number of rotatable bonds is 48. The minimum Gasteiger partial charge on any atom is -0.462 e. The van der Waals surface area contributed by atoms with Gasteiger partial charge in [0.1, 0.15) is 13.2 Å². The highest BCUT2D eigenvalue weighted by atomic mass is 16.6. The first-order valence-electron chi connectivity index (χ1n) is 26.6. The second-order valence-electron chi connectivity index (χ2n) is 17.8. The van der Waals surface area contributed by atoms with Crippen molar-refractivity contribution in [3.8, 4) is 0 Å². The maximum absolute atomic E-state index is 12.8. The zero-order valence-corrected chi connectivity index (χ0v) is 41.1. The molecule has 0 aliphatic rings. The van der Waals surface area contributed by atoms with Crippen molar-refractivity contribution in [2.24, 2.45) is 0 Å². The number of carbonyl (C=O) groups excluding carboxylic acids is 3. The highest BCUT2D eigenvalue weighted by Crippen LogP contribution is 2.15. The average molecular weight is 869 g/mol. The Labute approximate surface area is 384 Å². The molecule has 0 radical (unpaired) electrons. The zero-order valence-electron chi connectivity index (χ0n) is 41.1. The molecule has 0 spiro atoms. The topological polar surface area (TPSA) is 78.9 Å². The summed E-state index contributed by atoms with van der Waals surface area (Å²) in [6, 6.07) is 0. The van der Waals surface area contributed by atoms with Crippen LogP contribution < -0.4 is 0 Å². The molecule has 0 N–H and O–H groups in total. The molecule has 0 heterocycles. The highest BCUT2D eigenvalue weighted by Gasteiger charge is 2.19. The van der Waals surface area contributed by atoms with Crippen LogP contribution in [0, 0.1) is 0 Å². The fourth-order valence-electron chi connectivity index (χ4n) is 7.50. The molecule has 0 fully saturated rings. The molecular formula is C56H100O6. The maximum Gasteiger partial charge on any atom is 0.306 e. The van der Waals surface area contributed by atoms with Gasteiger partial charge in [-0.1, -0.05) is 217 Å². The predicted molar refractivity (Wildman–Crippen MR) is 265 cm³/mol.